The molecule has 2 fully saturated rings. The predicted octanol–water partition coefficient (Wildman–Crippen LogP) is 5.11. The van der Waals surface area contributed by atoms with Crippen LogP contribution in [0.3, 0.4) is 0 Å². The normalized spacial score (nSPS) is 16.1. The van der Waals surface area contributed by atoms with Gasteiger partial charge in [-0.1, -0.05) is 0 Å². The first-order valence-corrected chi connectivity index (χ1v) is 13.4. The van der Waals surface area contributed by atoms with Crippen LogP contribution < -0.4 is 10.6 Å². The third-order valence-corrected chi connectivity index (χ3v) is 6.65. The third-order valence-electron chi connectivity index (χ3n) is 6.65. The van der Waals surface area contributed by atoms with Gasteiger partial charge in [0, 0.05) is 18.9 Å². The fraction of sp³-hybridized carbons (Fsp3) is 0.536. The number of pyridine rings is 2. The van der Waals surface area contributed by atoms with E-state index in [0.717, 1.165) is 31.7 Å². The van der Waals surface area contributed by atoms with Crippen molar-refractivity contribution in [2.24, 2.45) is 5.92 Å². The van der Waals surface area contributed by atoms with E-state index in [2.05, 4.69) is 20.6 Å². The highest BCUT2D eigenvalue weighted by molar-refractivity contribution is 6.39. The van der Waals surface area contributed by atoms with Crippen molar-refractivity contribution in [1.29, 1.82) is 0 Å². The number of methoxy groups -OCH3 is 1. The zero-order valence-corrected chi connectivity index (χ0v) is 23.4. The lowest BCUT2D eigenvalue weighted by atomic mass is 10.1. The number of halogens is 3. The molecule has 0 bridgehead atoms. The second kappa shape index (κ2) is 12.0. The number of hydrogen-bond acceptors (Lipinski definition) is 7. The molecule has 2 aromatic heterocycles. The second-order valence-electron chi connectivity index (χ2n) is 11.3. The van der Waals surface area contributed by atoms with E-state index in [9.17, 15) is 27.6 Å². The molecule has 0 spiro atoms. The Morgan fingerprint density at radius 3 is 2.29 bits per heavy atom. The van der Waals surface area contributed by atoms with E-state index in [1.165, 1.54) is 24.3 Å². The lowest BCUT2D eigenvalue weighted by Gasteiger charge is -2.31. The maximum absolute atomic E-state index is 13.5. The van der Waals surface area contributed by atoms with Crippen LogP contribution in [0.5, 0.6) is 0 Å². The SMILES string of the molecule is COC[C@@H](C1CC1)N(Cc1ccc(C(F)(F)F)cn1)C(=O)C(=O)Nc1cnc(NC(=O)OC(C)(C)C)c(C2CC2)c1. The van der Waals surface area contributed by atoms with Gasteiger partial charge in [-0.3, -0.25) is 19.9 Å². The monoisotopic (exact) mass is 577 g/mol. The second-order valence-corrected chi connectivity index (χ2v) is 11.3. The van der Waals surface area contributed by atoms with Crippen LogP contribution in [0.1, 0.15) is 69.2 Å². The van der Waals surface area contributed by atoms with E-state index in [1.807, 2.05) is 0 Å². The summed E-state index contributed by atoms with van der Waals surface area (Å²) in [7, 11) is 1.48. The lowest BCUT2D eigenvalue weighted by molar-refractivity contribution is -0.146. The minimum Gasteiger partial charge on any atom is -0.444 e. The first kappa shape index (κ1) is 30.2. The van der Waals surface area contributed by atoms with Crippen molar-refractivity contribution in [3.63, 3.8) is 0 Å². The van der Waals surface area contributed by atoms with Gasteiger partial charge in [0.15, 0.2) is 0 Å². The number of aromatic nitrogens is 2. The summed E-state index contributed by atoms with van der Waals surface area (Å²) < 4.78 is 49.6. The largest absolute Gasteiger partial charge is 0.444 e. The highest BCUT2D eigenvalue weighted by Crippen LogP contribution is 2.44. The summed E-state index contributed by atoms with van der Waals surface area (Å²) in [6.45, 7) is 5.22. The van der Waals surface area contributed by atoms with E-state index in [4.69, 9.17) is 9.47 Å². The molecule has 2 heterocycles. The maximum Gasteiger partial charge on any atom is 0.417 e. The van der Waals surface area contributed by atoms with E-state index >= 15 is 0 Å². The summed E-state index contributed by atoms with van der Waals surface area (Å²) in [5.41, 5.74) is -0.419. The first-order chi connectivity index (χ1) is 19.2. The number of alkyl halides is 3. The van der Waals surface area contributed by atoms with Crippen molar-refractivity contribution >= 4 is 29.4 Å². The predicted molar refractivity (Wildman–Crippen MR) is 143 cm³/mol. The topological polar surface area (TPSA) is 123 Å². The third kappa shape index (κ3) is 8.38. The smallest absolute Gasteiger partial charge is 0.417 e. The average Bonchev–Trinajstić information content (AvgIpc) is 3.79. The standard InChI is InChI=1S/C28H34F3N5O5/c1-27(2,3)41-26(39)35-23-21(16-5-6-16)11-20(13-33-23)34-24(37)25(38)36(22(15-40-4)17-7-8-17)14-19-10-9-18(12-32-19)28(29,30)31/h9-13,16-17,22H,5-8,14-15H2,1-4H3,(H,34,37)(H,33,35,39)/t22-/m0/s1. The van der Waals surface area contributed by atoms with Crippen molar-refractivity contribution < 1.29 is 37.0 Å². The highest BCUT2D eigenvalue weighted by Gasteiger charge is 2.40. The van der Waals surface area contributed by atoms with Crippen molar-refractivity contribution in [2.75, 3.05) is 24.4 Å². The van der Waals surface area contributed by atoms with Crippen molar-refractivity contribution in [1.82, 2.24) is 14.9 Å². The first-order valence-electron chi connectivity index (χ1n) is 13.4. The summed E-state index contributed by atoms with van der Waals surface area (Å²) in [5.74, 6) is -1.25. The molecule has 2 N–H and O–H groups in total. The van der Waals surface area contributed by atoms with Crippen molar-refractivity contribution in [3.8, 4) is 0 Å². The van der Waals surface area contributed by atoms with Gasteiger partial charge in [0.05, 0.1) is 42.3 Å². The molecular weight excluding hydrogens is 543 g/mol. The number of rotatable bonds is 9. The molecule has 0 aliphatic heterocycles. The zero-order valence-electron chi connectivity index (χ0n) is 23.4. The maximum atomic E-state index is 13.5. The van der Waals surface area contributed by atoms with Gasteiger partial charge in [-0.25, -0.2) is 9.78 Å². The molecule has 1 atom stereocenters. The minimum absolute atomic E-state index is 0.0995. The van der Waals surface area contributed by atoms with Crippen LogP contribution in [0.2, 0.25) is 0 Å². The van der Waals surface area contributed by atoms with Crippen LogP contribution in [0.15, 0.2) is 30.6 Å². The molecule has 0 saturated heterocycles. The van der Waals surface area contributed by atoms with Gasteiger partial charge in [-0.05, 0) is 76.5 Å². The van der Waals surface area contributed by atoms with E-state index in [1.54, 1.807) is 26.8 Å². The molecule has 222 valence electrons. The number of carbonyl (C=O) groups is 3. The zero-order chi connectivity index (χ0) is 29.9. The average molecular weight is 578 g/mol. The molecule has 0 unspecified atom stereocenters. The summed E-state index contributed by atoms with van der Waals surface area (Å²) >= 11 is 0. The fourth-order valence-corrected chi connectivity index (χ4v) is 4.41. The molecule has 0 radical (unpaired) electrons. The van der Waals surface area contributed by atoms with Crippen LogP contribution in [-0.2, 0) is 31.8 Å². The molecule has 2 aliphatic carbocycles. The Balaban J connectivity index is 1.51. The van der Waals surface area contributed by atoms with Crippen LogP contribution in [-0.4, -0.2) is 58.1 Å². The Kier molecular flexibility index (Phi) is 8.86. The van der Waals surface area contributed by atoms with E-state index < -0.39 is 41.3 Å². The number of ether oxygens (including phenoxy) is 2. The molecule has 2 aliphatic rings. The van der Waals surface area contributed by atoms with Gasteiger partial charge < -0.3 is 19.7 Å². The molecule has 0 aromatic carbocycles. The Morgan fingerprint density at radius 2 is 1.76 bits per heavy atom. The van der Waals surface area contributed by atoms with Crippen LogP contribution in [0.4, 0.5) is 29.5 Å². The quantitative estimate of drug-likeness (QED) is 0.397. The number of nitrogens with one attached hydrogen (secondary N) is 2. The Labute approximate surface area is 236 Å². The Morgan fingerprint density at radius 1 is 1.05 bits per heavy atom. The molecule has 41 heavy (non-hydrogen) atoms. The van der Waals surface area contributed by atoms with Crippen LogP contribution >= 0.6 is 0 Å². The minimum atomic E-state index is -4.54. The number of nitrogens with zero attached hydrogens (tertiary/aromatic N) is 3. The van der Waals surface area contributed by atoms with Gasteiger partial charge >= 0.3 is 24.1 Å². The number of amides is 3. The van der Waals surface area contributed by atoms with Gasteiger partial charge in [0.25, 0.3) is 0 Å². The van der Waals surface area contributed by atoms with Gasteiger partial charge in [0.1, 0.15) is 11.4 Å². The lowest BCUT2D eigenvalue weighted by Crippen LogP contribution is -2.48. The summed E-state index contributed by atoms with van der Waals surface area (Å²) in [5, 5.41) is 5.24. The number of hydrogen-bond donors (Lipinski definition) is 2. The number of anilines is 2. The van der Waals surface area contributed by atoms with Crippen molar-refractivity contribution in [2.45, 2.75) is 76.7 Å². The molecule has 10 nitrogen and oxygen atoms in total. The molecular formula is C28H34F3N5O5. The molecule has 13 heteroatoms. The molecule has 2 saturated carbocycles. The Bertz CT molecular complexity index is 1270. The Hall–Kier alpha value is -3.74. The van der Waals surface area contributed by atoms with Crippen LogP contribution in [0, 0.1) is 5.92 Å². The summed E-state index contributed by atoms with van der Waals surface area (Å²) in [4.78, 5) is 48.4. The van der Waals surface area contributed by atoms with Gasteiger partial charge in [0.2, 0.25) is 0 Å². The summed E-state index contributed by atoms with van der Waals surface area (Å²) in [6, 6.07) is 3.30. The van der Waals surface area contributed by atoms with Crippen LogP contribution in [0.25, 0.3) is 0 Å². The number of carbonyl (C=O) groups excluding carboxylic acids is 3. The molecule has 2 aromatic rings. The van der Waals surface area contributed by atoms with E-state index in [0.29, 0.717) is 17.6 Å². The fourth-order valence-electron chi connectivity index (χ4n) is 4.41. The molecule has 3 amide bonds. The van der Waals surface area contributed by atoms with Gasteiger partial charge in [-0.2, -0.15) is 13.2 Å². The molecule has 4 rings (SSSR count). The van der Waals surface area contributed by atoms with Crippen molar-refractivity contribution in [3.05, 3.63) is 47.4 Å². The van der Waals surface area contributed by atoms with E-state index in [-0.39, 0.29) is 36.4 Å². The van der Waals surface area contributed by atoms with Gasteiger partial charge in [-0.15, -0.1) is 0 Å². The highest BCUT2D eigenvalue weighted by atomic mass is 19.4. The summed E-state index contributed by atoms with van der Waals surface area (Å²) in [6.07, 6.45) is 0.275.